The number of aromatic nitrogens is 1. The van der Waals surface area contributed by atoms with Crippen molar-refractivity contribution in [2.45, 2.75) is 19.8 Å². The summed E-state index contributed by atoms with van der Waals surface area (Å²) < 4.78 is 20.0. The van der Waals surface area contributed by atoms with Crippen molar-refractivity contribution in [1.29, 1.82) is 0 Å². The van der Waals surface area contributed by atoms with E-state index in [0.717, 1.165) is 17.7 Å². The summed E-state index contributed by atoms with van der Waals surface area (Å²) in [7, 11) is 0. The van der Waals surface area contributed by atoms with Crippen LogP contribution in [0.4, 0.5) is 10.1 Å². The molecule has 0 bridgehead atoms. The molecule has 0 saturated carbocycles. The van der Waals surface area contributed by atoms with Gasteiger partial charge in [0, 0.05) is 16.9 Å². The third kappa shape index (κ3) is 2.96. The number of carbonyl (C=O) groups is 1. The zero-order chi connectivity index (χ0) is 17.6. The normalized spacial score (nSPS) is 13.8. The van der Waals surface area contributed by atoms with Gasteiger partial charge in [0.1, 0.15) is 17.3 Å². The van der Waals surface area contributed by atoms with E-state index in [1.807, 2.05) is 19.1 Å². The number of rotatable bonds is 2. The number of benzene rings is 1. The number of hydrogen-bond donors (Lipinski definition) is 0. The van der Waals surface area contributed by atoms with Crippen molar-refractivity contribution in [2.24, 2.45) is 0 Å². The Morgan fingerprint density at radius 1 is 1.40 bits per heavy atom. The molecule has 0 atom stereocenters. The van der Waals surface area contributed by atoms with Gasteiger partial charge in [-0.2, -0.15) is 0 Å². The Bertz CT molecular complexity index is 966. The first-order chi connectivity index (χ1) is 12.0. The third-order valence-electron chi connectivity index (χ3n) is 4.12. The number of furan rings is 1. The number of anilines is 1. The minimum atomic E-state index is -0.479. The van der Waals surface area contributed by atoms with Gasteiger partial charge >= 0.3 is 0 Å². The van der Waals surface area contributed by atoms with E-state index in [4.69, 9.17) is 16.0 Å². The van der Waals surface area contributed by atoms with Crippen molar-refractivity contribution in [2.75, 3.05) is 11.4 Å². The fraction of sp³-hybridized carbons (Fsp3) is 0.222. The highest BCUT2D eigenvalue weighted by Gasteiger charge is 2.28. The maximum atomic E-state index is 14.4. The summed E-state index contributed by atoms with van der Waals surface area (Å²) in [5, 5.41) is 2.65. The smallest absolute Gasteiger partial charge is 0.277 e. The fourth-order valence-corrected chi connectivity index (χ4v) is 4.01. The molecule has 1 aliphatic rings. The summed E-state index contributed by atoms with van der Waals surface area (Å²) in [6.07, 6.45) is 1.46. The second-order valence-corrected chi connectivity index (χ2v) is 7.20. The molecular formula is C18H14ClFN2O2S. The molecule has 0 spiro atoms. The Morgan fingerprint density at radius 2 is 2.24 bits per heavy atom. The largest absolute Gasteiger partial charge is 0.459 e. The summed E-state index contributed by atoms with van der Waals surface area (Å²) in [5.41, 5.74) is 1.35. The van der Waals surface area contributed by atoms with Gasteiger partial charge in [0.2, 0.25) is 0 Å². The molecule has 3 aromatic rings. The monoisotopic (exact) mass is 376 g/mol. The Hall–Kier alpha value is -2.18. The van der Waals surface area contributed by atoms with Gasteiger partial charge < -0.3 is 9.32 Å². The number of halogens is 2. The molecule has 3 heterocycles. The van der Waals surface area contributed by atoms with Crippen molar-refractivity contribution in [3.8, 4) is 10.8 Å². The first-order valence-electron chi connectivity index (χ1n) is 7.85. The zero-order valence-electron chi connectivity index (χ0n) is 13.4. The first-order valence-corrected chi connectivity index (χ1v) is 9.11. The molecule has 7 heteroatoms. The molecule has 0 saturated heterocycles. The molecule has 0 fully saturated rings. The summed E-state index contributed by atoms with van der Waals surface area (Å²) in [6, 6.07) is 6.63. The number of hydrogen-bond acceptors (Lipinski definition) is 4. The minimum Gasteiger partial charge on any atom is -0.459 e. The van der Waals surface area contributed by atoms with Gasteiger partial charge in [-0.15, -0.1) is 11.3 Å². The van der Waals surface area contributed by atoms with Crippen LogP contribution in [0.3, 0.4) is 0 Å². The van der Waals surface area contributed by atoms with Gasteiger partial charge in [0.25, 0.3) is 5.91 Å². The van der Waals surface area contributed by atoms with Crippen LogP contribution in [0.2, 0.25) is 5.02 Å². The zero-order valence-corrected chi connectivity index (χ0v) is 15.0. The van der Waals surface area contributed by atoms with Gasteiger partial charge in [0.05, 0.1) is 5.69 Å². The van der Waals surface area contributed by atoms with E-state index >= 15 is 0 Å². The van der Waals surface area contributed by atoms with Crippen LogP contribution in [0.5, 0.6) is 0 Å². The second-order valence-electron chi connectivity index (χ2n) is 5.90. The molecule has 0 unspecified atom stereocenters. The van der Waals surface area contributed by atoms with Gasteiger partial charge in [-0.1, -0.05) is 11.6 Å². The van der Waals surface area contributed by atoms with Crippen molar-refractivity contribution in [3.63, 3.8) is 0 Å². The third-order valence-corrected chi connectivity index (χ3v) is 5.20. The number of amides is 1. The van der Waals surface area contributed by atoms with E-state index in [9.17, 15) is 9.18 Å². The average molecular weight is 377 g/mol. The minimum absolute atomic E-state index is 0.288. The Labute approximate surface area is 152 Å². The summed E-state index contributed by atoms with van der Waals surface area (Å²) in [6.45, 7) is 2.30. The van der Waals surface area contributed by atoms with Crippen LogP contribution in [0.25, 0.3) is 10.8 Å². The van der Waals surface area contributed by atoms with E-state index in [1.165, 1.54) is 22.3 Å². The maximum Gasteiger partial charge on any atom is 0.277 e. The van der Waals surface area contributed by atoms with Crippen LogP contribution < -0.4 is 4.90 Å². The highest BCUT2D eigenvalue weighted by molar-refractivity contribution is 7.13. The molecule has 1 aromatic carbocycles. The van der Waals surface area contributed by atoms with Crippen LogP contribution in [0, 0.1) is 12.7 Å². The molecule has 128 valence electrons. The molecule has 1 aliphatic heterocycles. The number of aryl methyl sites for hydroxylation is 2. The van der Waals surface area contributed by atoms with Crippen molar-refractivity contribution in [1.82, 2.24) is 4.98 Å². The standard InChI is InChI=1S/C18H14ClFN2O2S/c1-10-4-5-15(24-10)17-21-14(9-25-17)18(23)22-6-2-3-11-7-12(19)8-13(20)16(11)22/h4-5,7-9H,2-3,6H2,1H3. The second kappa shape index (κ2) is 6.28. The molecule has 4 rings (SSSR count). The lowest BCUT2D eigenvalue weighted by Gasteiger charge is -2.29. The number of thiazole rings is 1. The average Bonchev–Trinajstić information content (AvgIpc) is 3.22. The Kier molecular flexibility index (Phi) is 4.09. The van der Waals surface area contributed by atoms with Crippen LogP contribution in [0.15, 0.2) is 34.1 Å². The number of nitrogens with zero attached hydrogens (tertiary/aromatic N) is 2. The summed E-state index contributed by atoms with van der Waals surface area (Å²) >= 11 is 7.26. The van der Waals surface area contributed by atoms with Crippen molar-refractivity contribution >= 4 is 34.5 Å². The fourth-order valence-electron chi connectivity index (χ4n) is 3.03. The molecule has 0 N–H and O–H groups in total. The number of fused-ring (bicyclic) bond motifs is 1. The molecule has 1 amide bonds. The van der Waals surface area contributed by atoms with Crippen molar-refractivity contribution < 1.29 is 13.6 Å². The van der Waals surface area contributed by atoms with E-state index in [1.54, 1.807) is 11.4 Å². The van der Waals surface area contributed by atoms with Crippen LogP contribution in [-0.2, 0) is 6.42 Å². The van der Waals surface area contributed by atoms with E-state index in [0.29, 0.717) is 34.4 Å². The highest BCUT2D eigenvalue weighted by Crippen LogP contribution is 2.34. The van der Waals surface area contributed by atoms with Gasteiger partial charge in [-0.05, 0) is 49.6 Å². The predicted octanol–water partition coefficient (Wildman–Crippen LogP) is 5.10. The lowest BCUT2D eigenvalue weighted by atomic mass is 10.0. The van der Waals surface area contributed by atoms with Crippen molar-refractivity contribution in [3.05, 3.63) is 57.5 Å². The lowest BCUT2D eigenvalue weighted by Crippen LogP contribution is -2.36. The first kappa shape index (κ1) is 16.3. The Balaban J connectivity index is 1.68. The number of carbonyl (C=O) groups excluding carboxylic acids is 1. The van der Waals surface area contributed by atoms with Gasteiger partial charge in [0.15, 0.2) is 10.8 Å². The molecule has 0 radical (unpaired) electrons. The summed E-state index contributed by atoms with van der Waals surface area (Å²) in [5.74, 6) is 0.612. The quantitative estimate of drug-likeness (QED) is 0.625. The molecule has 4 nitrogen and oxygen atoms in total. The summed E-state index contributed by atoms with van der Waals surface area (Å²) in [4.78, 5) is 18.7. The van der Waals surface area contributed by atoms with Gasteiger partial charge in [-0.3, -0.25) is 4.79 Å². The van der Waals surface area contributed by atoms with Crippen LogP contribution in [0.1, 0.15) is 28.2 Å². The van der Waals surface area contributed by atoms with E-state index in [-0.39, 0.29) is 11.6 Å². The predicted molar refractivity (Wildman–Crippen MR) is 96.0 cm³/mol. The molecule has 2 aromatic heterocycles. The van der Waals surface area contributed by atoms with E-state index < -0.39 is 5.82 Å². The lowest BCUT2D eigenvalue weighted by molar-refractivity contribution is 0.0980. The van der Waals surface area contributed by atoms with E-state index in [2.05, 4.69) is 4.98 Å². The topological polar surface area (TPSA) is 46.3 Å². The molecular weight excluding hydrogens is 363 g/mol. The Morgan fingerprint density at radius 3 is 3.00 bits per heavy atom. The van der Waals surface area contributed by atoms with Gasteiger partial charge in [-0.25, -0.2) is 9.37 Å². The SMILES string of the molecule is Cc1ccc(-c2nc(C(=O)N3CCCc4cc(Cl)cc(F)c43)cs2)o1. The maximum absolute atomic E-state index is 14.4. The van der Waals surface area contributed by atoms with Crippen LogP contribution >= 0.6 is 22.9 Å². The highest BCUT2D eigenvalue weighted by atomic mass is 35.5. The molecule has 25 heavy (non-hydrogen) atoms. The molecule has 0 aliphatic carbocycles. The van der Waals surface area contributed by atoms with Crippen LogP contribution in [-0.4, -0.2) is 17.4 Å².